The summed E-state index contributed by atoms with van der Waals surface area (Å²) in [6.45, 7) is -3.59. The molecule has 1 aliphatic heterocycles. The van der Waals surface area contributed by atoms with Crippen molar-refractivity contribution in [2.45, 2.75) is 36.6 Å². The van der Waals surface area contributed by atoms with Crippen molar-refractivity contribution in [1.82, 2.24) is 14.5 Å². The third-order valence-electron chi connectivity index (χ3n) is 3.14. The first-order chi connectivity index (χ1) is 10.1. The number of ether oxygens (including phenoxy) is 1. The zero-order valence-corrected chi connectivity index (χ0v) is 11.8. The van der Waals surface area contributed by atoms with Gasteiger partial charge in [0.05, 0.1) is 12.3 Å². The number of nitrogens with zero attached hydrogens (tertiary/aromatic N) is 2. The number of sulfonamides is 1. The molecule has 1 unspecified atom stereocenters. The maximum absolute atomic E-state index is 12.7. The Morgan fingerprint density at radius 1 is 1.41 bits per heavy atom. The van der Waals surface area contributed by atoms with Gasteiger partial charge in [-0.15, -0.1) is 0 Å². The second-order valence-electron chi connectivity index (χ2n) is 4.63. The van der Waals surface area contributed by atoms with Gasteiger partial charge in [-0.05, 0) is 12.8 Å². The van der Waals surface area contributed by atoms with Crippen molar-refractivity contribution in [3.63, 3.8) is 0 Å². The predicted molar refractivity (Wildman–Crippen MR) is 62.5 cm³/mol. The van der Waals surface area contributed by atoms with Crippen LogP contribution in [0.25, 0.3) is 0 Å². The minimum absolute atomic E-state index is 0.0755. The second kappa shape index (κ2) is 6.08. The van der Waals surface area contributed by atoms with Gasteiger partial charge in [0.15, 0.2) is 5.69 Å². The highest BCUT2D eigenvalue weighted by atomic mass is 32.2. The lowest BCUT2D eigenvalue weighted by atomic mass is 10.1. The molecular formula is C10H12F5N3O3S. The largest absolute Gasteiger partial charge is 0.434 e. The van der Waals surface area contributed by atoms with Crippen LogP contribution in [0.1, 0.15) is 18.5 Å². The predicted octanol–water partition coefficient (Wildman–Crippen LogP) is 1.82. The molecule has 0 spiro atoms. The Morgan fingerprint density at radius 2 is 2.09 bits per heavy atom. The molecule has 1 aromatic rings. The Bertz CT molecular complexity index is 616. The van der Waals surface area contributed by atoms with E-state index in [9.17, 15) is 30.4 Å². The van der Waals surface area contributed by atoms with Crippen molar-refractivity contribution >= 4 is 10.0 Å². The van der Waals surface area contributed by atoms with Crippen LogP contribution >= 0.6 is 0 Å². The Balaban J connectivity index is 2.25. The molecule has 0 saturated carbocycles. The van der Waals surface area contributed by atoms with Gasteiger partial charge in [0.2, 0.25) is 10.0 Å². The molecule has 1 atom stereocenters. The van der Waals surface area contributed by atoms with E-state index >= 15 is 0 Å². The summed E-state index contributed by atoms with van der Waals surface area (Å²) in [5.41, 5.74) is -1.50. The van der Waals surface area contributed by atoms with Crippen LogP contribution in [0, 0.1) is 0 Å². The van der Waals surface area contributed by atoms with E-state index in [1.54, 1.807) is 5.10 Å². The SMILES string of the molecule is O=S(=O)(c1cn[nH]c1C(F)(F)F)N1CCCC(OC(F)F)C1. The standard InChI is InChI=1S/C10H12F5N3O3S/c11-9(12)21-6-2-1-3-18(5-6)22(19,20)7-4-16-17-8(7)10(13,14)15/h4,6,9H,1-3,5H2,(H,16,17). The number of H-pyrrole nitrogens is 1. The van der Waals surface area contributed by atoms with Crippen molar-refractivity contribution < 1.29 is 35.1 Å². The van der Waals surface area contributed by atoms with Crippen LogP contribution in [0.3, 0.4) is 0 Å². The molecule has 0 amide bonds. The molecule has 1 saturated heterocycles. The van der Waals surface area contributed by atoms with Gasteiger partial charge >= 0.3 is 12.8 Å². The van der Waals surface area contributed by atoms with E-state index in [0.717, 1.165) is 0 Å². The first kappa shape index (κ1) is 17.1. The highest BCUT2D eigenvalue weighted by Crippen LogP contribution is 2.34. The molecular weight excluding hydrogens is 337 g/mol. The summed E-state index contributed by atoms with van der Waals surface area (Å²) in [5, 5.41) is 4.72. The van der Waals surface area contributed by atoms with Crippen molar-refractivity contribution in [3.8, 4) is 0 Å². The Hall–Kier alpha value is -1.27. The van der Waals surface area contributed by atoms with Gasteiger partial charge in [-0.3, -0.25) is 5.10 Å². The number of piperidine rings is 1. The summed E-state index contributed by atoms with van der Waals surface area (Å²) in [7, 11) is -4.51. The fourth-order valence-corrected chi connectivity index (χ4v) is 3.81. The Labute approximate surface area is 122 Å². The van der Waals surface area contributed by atoms with Crippen LogP contribution in [0.4, 0.5) is 22.0 Å². The average molecular weight is 349 g/mol. The molecule has 0 bridgehead atoms. The number of hydrogen-bond acceptors (Lipinski definition) is 4. The molecule has 1 aromatic heterocycles. The normalized spacial score (nSPS) is 21.5. The van der Waals surface area contributed by atoms with Gasteiger partial charge in [0, 0.05) is 13.1 Å². The lowest BCUT2D eigenvalue weighted by Gasteiger charge is -2.31. The van der Waals surface area contributed by atoms with Crippen LogP contribution in [-0.4, -0.2) is 48.7 Å². The van der Waals surface area contributed by atoms with Gasteiger partial charge in [0.1, 0.15) is 4.90 Å². The Morgan fingerprint density at radius 3 is 2.68 bits per heavy atom. The molecule has 1 N–H and O–H groups in total. The quantitative estimate of drug-likeness (QED) is 0.842. The molecule has 1 fully saturated rings. The smallest absolute Gasteiger partial charge is 0.318 e. The van der Waals surface area contributed by atoms with E-state index < -0.39 is 46.0 Å². The zero-order valence-electron chi connectivity index (χ0n) is 11.0. The summed E-state index contributed by atoms with van der Waals surface area (Å²) in [6, 6.07) is 0. The fourth-order valence-electron chi connectivity index (χ4n) is 2.19. The van der Waals surface area contributed by atoms with E-state index in [2.05, 4.69) is 9.84 Å². The van der Waals surface area contributed by atoms with Gasteiger partial charge in [-0.2, -0.15) is 31.4 Å². The summed E-state index contributed by atoms with van der Waals surface area (Å²) >= 11 is 0. The van der Waals surface area contributed by atoms with Crippen molar-refractivity contribution in [3.05, 3.63) is 11.9 Å². The highest BCUT2D eigenvalue weighted by molar-refractivity contribution is 7.89. The minimum Gasteiger partial charge on any atom is -0.318 e. The van der Waals surface area contributed by atoms with E-state index in [-0.39, 0.29) is 19.4 Å². The summed E-state index contributed by atoms with van der Waals surface area (Å²) in [5.74, 6) is 0. The van der Waals surface area contributed by atoms with Crippen LogP contribution in [0.2, 0.25) is 0 Å². The molecule has 0 aromatic carbocycles. The molecule has 126 valence electrons. The molecule has 22 heavy (non-hydrogen) atoms. The Kier molecular flexibility index (Phi) is 4.73. The maximum atomic E-state index is 12.7. The van der Waals surface area contributed by atoms with E-state index in [4.69, 9.17) is 0 Å². The van der Waals surface area contributed by atoms with Gasteiger partial charge in [0.25, 0.3) is 0 Å². The lowest BCUT2D eigenvalue weighted by molar-refractivity contribution is -0.170. The summed E-state index contributed by atoms with van der Waals surface area (Å²) < 4.78 is 92.1. The van der Waals surface area contributed by atoms with Gasteiger partial charge in [-0.25, -0.2) is 8.42 Å². The molecule has 0 aliphatic carbocycles. The fraction of sp³-hybridized carbons (Fsp3) is 0.700. The highest BCUT2D eigenvalue weighted by Gasteiger charge is 2.42. The first-order valence-electron chi connectivity index (χ1n) is 6.16. The monoisotopic (exact) mass is 349 g/mol. The molecule has 2 heterocycles. The average Bonchev–Trinajstić information content (AvgIpc) is 2.88. The van der Waals surface area contributed by atoms with E-state index in [1.807, 2.05) is 0 Å². The second-order valence-corrected chi connectivity index (χ2v) is 6.54. The number of rotatable bonds is 4. The van der Waals surface area contributed by atoms with Crippen molar-refractivity contribution in [1.29, 1.82) is 0 Å². The van der Waals surface area contributed by atoms with Crippen molar-refractivity contribution in [2.24, 2.45) is 0 Å². The third kappa shape index (κ3) is 3.55. The molecule has 12 heteroatoms. The lowest BCUT2D eigenvalue weighted by Crippen LogP contribution is -2.44. The molecule has 1 aliphatic rings. The van der Waals surface area contributed by atoms with Gasteiger partial charge < -0.3 is 4.74 Å². The number of alkyl halides is 5. The third-order valence-corrected chi connectivity index (χ3v) is 5.02. The summed E-state index contributed by atoms with van der Waals surface area (Å²) in [4.78, 5) is -1.03. The molecule has 6 nitrogen and oxygen atoms in total. The number of hydrogen-bond donors (Lipinski definition) is 1. The number of nitrogens with one attached hydrogen (secondary N) is 1. The van der Waals surface area contributed by atoms with Crippen LogP contribution in [-0.2, 0) is 20.9 Å². The maximum Gasteiger partial charge on any atom is 0.434 e. The van der Waals surface area contributed by atoms with Gasteiger partial charge in [-0.1, -0.05) is 0 Å². The van der Waals surface area contributed by atoms with E-state index in [1.165, 1.54) is 0 Å². The van der Waals surface area contributed by atoms with E-state index in [0.29, 0.717) is 10.5 Å². The van der Waals surface area contributed by atoms with Crippen LogP contribution < -0.4 is 0 Å². The van der Waals surface area contributed by atoms with Crippen molar-refractivity contribution in [2.75, 3.05) is 13.1 Å². The number of aromatic amines is 1. The topological polar surface area (TPSA) is 75.3 Å². The van der Waals surface area contributed by atoms with Crippen LogP contribution in [0.5, 0.6) is 0 Å². The number of halogens is 5. The number of aromatic nitrogens is 2. The zero-order chi connectivity index (χ0) is 16.5. The minimum atomic E-state index is -4.92. The summed E-state index contributed by atoms with van der Waals surface area (Å²) in [6.07, 6.45) is -5.03. The molecule has 0 radical (unpaired) electrons. The van der Waals surface area contributed by atoms with Crippen LogP contribution in [0.15, 0.2) is 11.1 Å². The molecule has 2 rings (SSSR count). The first-order valence-corrected chi connectivity index (χ1v) is 7.60.